The molecular weight excluding hydrogens is 262 g/mol. The number of aliphatic hydroxyl groups is 1. The van der Waals surface area contributed by atoms with Crippen LogP contribution in [0.3, 0.4) is 0 Å². The fourth-order valence-electron chi connectivity index (χ4n) is 3.22. The first-order chi connectivity index (χ1) is 10.2. The Hall–Kier alpha value is -1.39. The van der Waals surface area contributed by atoms with E-state index in [9.17, 15) is 5.11 Å². The molecule has 114 valence electrons. The molecule has 0 radical (unpaired) electrons. The average Bonchev–Trinajstić information content (AvgIpc) is 2.79. The average molecular weight is 287 g/mol. The zero-order valence-electron chi connectivity index (χ0n) is 13.1. The summed E-state index contributed by atoms with van der Waals surface area (Å²) in [4.78, 5) is 7.32. The Morgan fingerprint density at radius 1 is 1.10 bits per heavy atom. The third-order valence-corrected chi connectivity index (χ3v) is 4.58. The van der Waals surface area contributed by atoms with Gasteiger partial charge in [0.1, 0.15) is 5.82 Å². The lowest BCUT2D eigenvalue weighted by Gasteiger charge is -2.26. The van der Waals surface area contributed by atoms with Crippen LogP contribution in [0.2, 0.25) is 0 Å². The third-order valence-electron chi connectivity index (χ3n) is 4.58. The maximum Gasteiger partial charge on any atom is 0.124 e. The highest BCUT2D eigenvalue weighted by molar-refractivity contribution is 5.78. The van der Waals surface area contributed by atoms with Crippen LogP contribution in [0.5, 0.6) is 0 Å². The summed E-state index contributed by atoms with van der Waals surface area (Å²) in [5, 5.41) is 9.39. The highest BCUT2D eigenvalue weighted by atomic mass is 16.3. The van der Waals surface area contributed by atoms with E-state index in [1.807, 2.05) is 0 Å². The van der Waals surface area contributed by atoms with Gasteiger partial charge in [-0.25, -0.2) is 4.98 Å². The van der Waals surface area contributed by atoms with Gasteiger partial charge >= 0.3 is 0 Å². The van der Waals surface area contributed by atoms with Crippen molar-refractivity contribution in [3.63, 3.8) is 0 Å². The molecule has 2 aromatic rings. The monoisotopic (exact) mass is 287 g/mol. The zero-order valence-corrected chi connectivity index (χ0v) is 13.1. The molecule has 0 saturated carbocycles. The van der Waals surface area contributed by atoms with Crippen molar-refractivity contribution < 1.29 is 5.11 Å². The summed E-state index contributed by atoms with van der Waals surface area (Å²) < 4.78 is 2.19. The number of hydrogen-bond acceptors (Lipinski definition) is 3. The number of nitrogens with zero attached hydrogens (tertiary/aromatic N) is 3. The molecule has 3 rings (SSSR count). The molecule has 4 heteroatoms. The minimum atomic E-state index is 0.158. The molecule has 0 unspecified atom stereocenters. The van der Waals surface area contributed by atoms with Crippen molar-refractivity contribution in [3.05, 3.63) is 29.1 Å². The van der Waals surface area contributed by atoms with Crippen LogP contribution in [0.1, 0.15) is 36.2 Å². The number of aromatic nitrogens is 2. The minimum absolute atomic E-state index is 0.158. The van der Waals surface area contributed by atoms with Crippen molar-refractivity contribution in [1.82, 2.24) is 14.5 Å². The van der Waals surface area contributed by atoms with Crippen LogP contribution >= 0.6 is 0 Å². The molecule has 4 nitrogen and oxygen atoms in total. The van der Waals surface area contributed by atoms with Gasteiger partial charge in [-0.3, -0.25) is 4.90 Å². The van der Waals surface area contributed by atoms with Crippen LogP contribution in [0.4, 0.5) is 0 Å². The van der Waals surface area contributed by atoms with Gasteiger partial charge in [-0.1, -0.05) is 6.42 Å². The number of aryl methyl sites for hydroxylation is 2. The first-order valence-electron chi connectivity index (χ1n) is 7.98. The molecule has 1 aliphatic heterocycles. The number of aliphatic hydroxyl groups excluding tert-OH is 1. The van der Waals surface area contributed by atoms with Gasteiger partial charge in [-0.2, -0.15) is 0 Å². The topological polar surface area (TPSA) is 41.3 Å². The Kier molecular flexibility index (Phi) is 4.27. The van der Waals surface area contributed by atoms with Crippen molar-refractivity contribution in [1.29, 1.82) is 0 Å². The van der Waals surface area contributed by atoms with Gasteiger partial charge in [0.15, 0.2) is 0 Å². The van der Waals surface area contributed by atoms with Crippen LogP contribution in [-0.2, 0) is 13.1 Å². The van der Waals surface area contributed by atoms with Crippen LogP contribution in [-0.4, -0.2) is 39.3 Å². The van der Waals surface area contributed by atoms with E-state index in [0.717, 1.165) is 23.4 Å². The quantitative estimate of drug-likeness (QED) is 0.940. The molecule has 21 heavy (non-hydrogen) atoms. The van der Waals surface area contributed by atoms with Crippen molar-refractivity contribution in [2.75, 3.05) is 19.7 Å². The Morgan fingerprint density at radius 3 is 2.52 bits per heavy atom. The maximum absolute atomic E-state index is 9.39. The normalized spacial score (nSPS) is 16.7. The number of fused-ring (bicyclic) bond motifs is 1. The van der Waals surface area contributed by atoms with Crippen molar-refractivity contribution in [2.24, 2.45) is 0 Å². The third kappa shape index (κ3) is 2.97. The van der Waals surface area contributed by atoms with E-state index in [0.29, 0.717) is 6.54 Å². The minimum Gasteiger partial charge on any atom is -0.395 e. The molecule has 1 N–H and O–H groups in total. The summed E-state index contributed by atoms with van der Waals surface area (Å²) in [7, 11) is 0. The summed E-state index contributed by atoms with van der Waals surface area (Å²) in [5.41, 5.74) is 4.77. The fourth-order valence-corrected chi connectivity index (χ4v) is 3.22. The molecular formula is C17H25N3O. The highest BCUT2D eigenvalue weighted by Crippen LogP contribution is 2.22. The van der Waals surface area contributed by atoms with Gasteiger partial charge in [-0.15, -0.1) is 0 Å². The lowest BCUT2D eigenvalue weighted by molar-refractivity contribution is 0.210. The number of hydrogen-bond donors (Lipinski definition) is 1. The fraction of sp³-hybridized carbons (Fsp3) is 0.588. The molecule has 0 atom stereocenters. The molecule has 0 spiro atoms. The summed E-state index contributed by atoms with van der Waals surface area (Å²) in [6, 6.07) is 4.37. The molecule has 1 aliphatic rings. The van der Waals surface area contributed by atoms with Gasteiger partial charge in [0.05, 0.1) is 24.2 Å². The first kappa shape index (κ1) is 14.5. The van der Waals surface area contributed by atoms with Crippen LogP contribution < -0.4 is 0 Å². The van der Waals surface area contributed by atoms with Crippen LogP contribution in [0.25, 0.3) is 11.0 Å². The van der Waals surface area contributed by atoms with Gasteiger partial charge in [0.2, 0.25) is 0 Å². The van der Waals surface area contributed by atoms with E-state index in [-0.39, 0.29) is 6.61 Å². The lowest BCUT2D eigenvalue weighted by atomic mass is 10.1. The van der Waals surface area contributed by atoms with Crippen LogP contribution in [0, 0.1) is 13.8 Å². The van der Waals surface area contributed by atoms with Crippen molar-refractivity contribution in [2.45, 2.75) is 46.2 Å². The van der Waals surface area contributed by atoms with Gasteiger partial charge < -0.3 is 9.67 Å². The molecule has 0 aliphatic carbocycles. The van der Waals surface area contributed by atoms with Crippen molar-refractivity contribution in [3.8, 4) is 0 Å². The number of benzene rings is 1. The number of likely N-dealkylation sites (tertiary alicyclic amines) is 1. The number of piperidine rings is 1. The summed E-state index contributed by atoms with van der Waals surface area (Å²) in [6.07, 6.45) is 3.93. The predicted molar refractivity (Wildman–Crippen MR) is 85.4 cm³/mol. The predicted octanol–water partition coefficient (Wildman–Crippen LogP) is 2.63. The van der Waals surface area contributed by atoms with Crippen LogP contribution in [0.15, 0.2) is 12.1 Å². The van der Waals surface area contributed by atoms with Crippen molar-refractivity contribution >= 4 is 11.0 Å². The van der Waals surface area contributed by atoms with Gasteiger partial charge in [0.25, 0.3) is 0 Å². The van der Waals surface area contributed by atoms with E-state index in [4.69, 9.17) is 4.98 Å². The van der Waals surface area contributed by atoms with Gasteiger partial charge in [0, 0.05) is 6.54 Å². The molecule has 1 saturated heterocycles. The second-order valence-corrected chi connectivity index (χ2v) is 6.17. The summed E-state index contributed by atoms with van der Waals surface area (Å²) >= 11 is 0. The zero-order chi connectivity index (χ0) is 14.8. The molecule has 1 aromatic heterocycles. The first-order valence-corrected chi connectivity index (χ1v) is 7.98. The largest absolute Gasteiger partial charge is 0.395 e. The smallest absolute Gasteiger partial charge is 0.124 e. The molecule has 0 amide bonds. The SMILES string of the molecule is Cc1cc2nc(CN3CCCCC3)n(CCO)c2cc1C. The van der Waals surface area contributed by atoms with E-state index >= 15 is 0 Å². The molecule has 1 aromatic carbocycles. The Bertz CT molecular complexity index is 626. The summed E-state index contributed by atoms with van der Waals surface area (Å²) in [5.74, 6) is 1.09. The lowest BCUT2D eigenvalue weighted by Crippen LogP contribution is -2.30. The number of rotatable bonds is 4. The number of imidazole rings is 1. The Labute approximate surface area is 126 Å². The van der Waals surface area contributed by atoms with E-state index in [1.54, 1.807) is 0 Å². The Morgan fingerprint density at radius 2 is 1.81 bits per heavy atom. The molecule has 0 bridgehead atoms. The van der Waals surface area contributed by atoms with Gasteiger partial charge in [-0.05, 0) is 63.0 Å². The molecule has 1 fully saturated rings. The van der Waals surface area contributed by atoms with E-state index in [2.05, 4.69) is 35.4 Å². The second-order valence-electron chi connectivity index (χ2n) is 6.17. The summed E-state index contributed by atoms with van der Waals surface area (Å²) in [6.45, 7) is 8.28. The standard InChI is InChI=1S/C17H25N3O/c1-13-10-15-16(11-14(13)2)20(8-9-21)17(18-15)12-19-6-4-3-5-7-19/h10-11,21H,3-9,12H2,1-2H3. The maximum atomic E-state index is 9.39. The van der Waals surface area contributed by atoms with E-state index < -0.39 is 0 Å². The highest BCUT2D eigenvalue weighted by Gasteiger charge is 2.16. The molecule has 2 heterocycles. The Balaban J connectivity index is 1.97. The second kappa shape index (κ2) is 6.16. The van der Waals surface area contributed by atoms with E-state index in [1.165, 1.54) is 43.5 Å².